The summed E-state index contributed by atoms with van der Waals surface area (Å²) in [6.07, 6.45) is 2.70. The molecule has 2 aromatic carbocycles. The van der Waals surface area contributed by atoms with Crippen molar-refractivity contribution in [3.05, 3.63) is 59.7 Å². The van der Waals surface area contributed by atoms with Gasteiger partial charge in [-0.05, 0) is 61.3 Å². The summed E-state index contributed by atoms with van der Waals surface area (Å²) in [5.74, 6) is -1.02. The number of fused-ring (bicyclic) bond motifs is 3. The molecule has 0 radical (unpaired) electrons. The fraction of sp³-hybridized carbons (Fsp3) is 0.464. The van der Waals surface area contributed by atoms with Crippen LogP contribution in [0.3, 0.4) is 0 Å². The van der Waals surface area contributed by atoms with Crippen LogP contribution in [-0.2, 0) is 14.3 Å². The molecule has 0 aliphatic heterocycles. The summed E-state index contributed by atoms with van der Waals surface area (Å²) < 4.78 is 5.62. The second kappa shape index (κ2) is 10.5. The average molecular weight is 479 g/mol. The predicted octanol–water partition coefficient (Wildman–Crippen LogP) is 4.70. The maximum absolute atomic E-state index is 12.7. The van der Waals surface area contributed by atoms with Crippen molar-refractivity contribution in [3.63, 3.8) is 0 Å². The van der Waals surface area contributed by atoms with Gasteiger partial charge in [-0.15, -0.1) is 0 Å². The van der Waals surface area contributed by atoms with Crippen molar-refractivity contribution in [2.24, 2.45) is 11.8 Å². The Morgan fingerprint density at radius 1 is 1.00 bits per heavy atom. The summed E-state index contributed by atoms with van der Waals surface area (Å²) in [5.41, 5.74) is 3.93. The zero-order valence-corrected chi connectivity index (χ0v) is 20.4. The second-order valence-electron chi connectivity index (χ2n) is 10.4. The van der Waals surface area contributed by atoms with Gasteiger partial charge < -0.3 is 20.5 Å². The van der Waals surface area contributed by atoms with E-state index in [1.807, 2.05) is 24.3 Å². The third-order valence-electron chi connectivity index (χ3n) is 7.09. The fourth-order valence-corrected chi connectivity index (χ4v) is 5.45. The van der Waals surface area contributed by atoms with E-state index in [1.54, 1.807) is 13.8 Å². The Bertz CT molecular complexity index is 1050. The summed E-state index contributed by atoms with van der Waals surface area (Å²) in [7, 11) is 0. The molecule has 3 N–H and O–H groups in total. The number of carbonyl (C=O) groups excluding carboxylic acids is 2. The second-order valence-corrected chi connectivity index (χ2v) is 10.4. The van der Waals surface area contributed by atoms with Crippen molar-refractivity contribution in [2.75, 3.05) is 13.2 Å². The van der Waals surface area contributed by atoms with Crippen LogP contribution in [0.5, 0.6) is 0 Å². The summed E-state index contributed by atoms with van der Waals surface area (Å²) in [6, 6.07) is 16.5. The molecule has 1 saturated carbocycles. The van der Waals surface area contributed by atoms with E-state index in [-0.39, 0.29) is 36.7 Å². The molecule has 0 heterocycles. The number of hydrogen-bond acceptors (Lipinski definition) is 4. The average Bonchev–Trinajstić information content (AvgIpc) is 3.14. The van der Waals surface area contributed by atoms with Gasteiger partial charge >= 0.3 is 12.1 Å². The maximum atomic E-state index is 12.7. The number of nitrogens with one attached hydrogen (secondary N) is 2. The summed E-state index contributed by atoms with van der Waals surface area (Å²) in [6.45, 7) is 4.17. The largest absolute Gasteiger partial charge is 0.481 e. The van der Waals surface area contributed by atoms with Crippen molar-refractivity contribution in [3.8, 4) is 11.1 Å². The van der Waals surface area contributed by atoms with E-state index in [9.17, 15) is 14.4 Å². The van der Waals surface area contributed by atoms with Gasteiger partial charge in [0.25, 0.3) is 0 Å². The molecular formula is C28H34N2O5. The zero-order chi connectivity index (χ0) is 25.0. The number of ether oxygens (including phenoxy) is 1. The van der Waals surface area contributed by atoms with Crippen LogP contribution in [0.1, 0.15) is 63.0 Å². The minimum absolute atomic E-state index is 0.0186. The molecule has 0 saturated heterocycles. The highest BCUT2D eigenvalue weighted by molar-refractivity contribution is 5.81. The van der Waals surface area contributed by atoms with Crippen LogP contribution < -0.4 is 10.6 Å². The standard InChI is InChI=1S/C28H34N2O5/c1-28(2,15-25(31)32)30-26(33)19-9-7-8-18(14-19)16-29-27(34)35-17-24-22-12-5-3-10-20(22)21-11-4-6-13-23(21)24/h3-6,10-13,18-19,24H,7-9,14-17H2,1-2H3,(H,29,34)(H,30,33)(H,31,32). The van der Waals surface area contributed by atoms with Crippen LogP contribution in [0, 0.1) is 11.8 Å². The smallest absolute Gasteiger partial charge is 0.407 e. The first-order valence-corrected chi connectivity index (χ1v) is 12.4. The van der Waals surface area contributed by atoms with E-state index in [1.165, 1.54) is 22.3 Å². The number of hydrogen-bond donors (Lipinski definition) is 3. The third-order valence-corrected chi connectivity index (χ3v) is 7.09. The molecule has 2 unspecified atom stereocenters. The molecule has 35 heavy (non-hydrogen) atoms. The number of amides is 2. The topological polar surface area (TPSA) is 105 Å². The van der Waals surface area contributed by atoms with Gasteiger partial charge in [-0.1, -0.05) is 55.0 Å². The van der Waals surface area contributed by atoms with E-state index in [2.05, 4.69) is 34.9 Å². The predicted molar refractivity (Wildman–Crippen MR) is 133 cm³/mol. The molecule has 2 aliphatic carbocycles. The van der Waals surface area contributed by atoms with E-state index < -0.39 is 17.6 Å². The minimum Gasteiger partial charge on any atom is -0.481 e. The van der Waals surface area contributed by atoms with Crippen molar-refractivity contribution in [1.29, 1.82) is 0 Å². The summed E-state index contributed by atoms with van der Waals surface area (Å²) >= 11 is 0. The molecule has 7 heteroatoms. The highest BCUT2D eigenvalue weighted by atomic mass is 16.5. The Balaban J connectivity index is 1.26. The van der Waals surface area contributed by atoms with Crippen LogP contribution >= 0.6 is 0 Å². The molecule has 0 bridgehead atoms. The lowest BCUT2D eigenvalue weighted by atomic mass is 9.80. The van der Waals surface area contributed by atoms with E-state index in [0.717, 1.165) is 19.3 Å². The number of carboxylic acids is 1. The normalized spacial score (nSPS) is 19.4. The van der Waals surface area contributed by atoms with Crippen LogP contribution in [0.25, 0.3) is 11.1 Å². The van der Waals surface area contributed by atoms with Crippen molar-refractivity contribution in [2.45, 2.75) is 57.4 Å². The number of carboxylic acid groups (broad SMARTS) is 1. The summed E-state index contributed by atoms with van der Waals surface area (Å²) in [4.78, 5) is 36.2. The van der Waals surface area contributed by atoms with Crippen molar-refractivity contribution in [1.82, 2.24) is 10.6 Å². The zero-order valence-electron chi connectivity index (χ0n) is 20.4. The lowest BCUT2D eigenvalue weighted by Gasteiger charge is -2.32. The molecule has 1 fully saturated rings. The monoisotopic (exact) mass is 478 g/mol. The third kappa shape index (κ3) is 6.02. The lowest BCUT2D eigenvalue weighted by Crippen LogP contribution is -2.48. The quantitative estimate of drug-likeness (QED) is 0.510. The number of carbonyl (C=O) groups is 3. The van der Waals surface area contributed by atoms with E-state index in [4.69, 9.17) is 9.84 Å². The van der Waals surface area contributed by atoms with Gasteiger partial charge in [0.05, 0.1) is 6.42 Å². The molecule has 2 aliphatic rings. The van der Waals surface area contributed by atoms with E-state index >= 15 is 0 Å². The molecule has 2 amide bonds. The molecule has 7 nitrogen and oxygen atoms in total. The van der Waals surface area contributed by atoms with Gasteiger partial charge in [0.2, 0.25) is 5.91 Å². The highest BCUT2D eigenvalue weighted by Crippen LogP contribution is 2.44. The lowest BCUT2D eigenvalue weighted by molar-refractivity contribution is -0.139. The summed E-state index contributed by atoms with van der Waals surface area (Å²) in [5, 5.41) is 14.8. The number of benzene rings is 2. The van der Waals surface area contributed by atoms with Crippen LogP contribution in [0.2, 0.25) is 0 Å². The van der Waals surface area contributed by atoms with Gasteiger partial charge in [-0.25, -0.2) is 4.79 Å². The maximum Gasteiger partial charge on any atom is 0.407 e. The Kier molecular flexibility index (Phi) is 7.43. The number of alkyl carbamates (subject to hydrolysis) is 1. The van der Waals surface area contributed by atoms with Crippen LogP contribution in [0.4, 0.5) is 4.79 Å². The molecule has 0 spiro atoms. The first-order chi connectivity index (χ1) is 16.7. The van der Waals surface area contributed by atoms with E-state index in [0.29, 0.717) is 13.0 Å². The Labute approximate surface area is 206 Å². The van der Waals surface area contributed by atoms with Gasteiger partial charge in [0, 0.05) is 23.9 Å². The Morgan fingerprint density at radius 3 is 2.26 bits per heavy atom. The fourth-order valence-electron chi connectivity index (χ4n) is 5.45. The first kappa shape index (κ1) is 24.8. The first-order valence-electron chi connectivity index (χ1n) is 12.4. The van der Waals surface area contributed by atoms with Crippen molar-refractivity contribution < 1.29 is 24.2 Å². The van der Waals surface area contributed by atoms with Crippen LogP contribution in [0.15, 0.2) is 48.5 Å². The number of aliphatic carboxylic acids is 1. The highest BCUT2D eigenvalue weighted by Gasteiger charge is 2.32. The van der Waals surface area contributed by atoms with Gasteiger partial charge in [-0.3, -0.25) is 9.59 Å². The molecule has 4 rings (SSSR count). The van der Waals surface area contributed by atoms with Crippen molar-refractivity contribution >= 4 is 18.0 Å². The minimum atomic E-state index is -0.941. The molecule has 0 aromatic heterocycles. The van der Waals surface area contributed by atoms with Gasteiger partial charge in [-0.2, -0.15) is 0 Å². The molecular weight excluding hydrogens is 444 g/mol. The SMILES string of the molecule is CC(C)(CC(=O)O)NC(=O)C1CCCC(CNC(=O)OCC2c3ccccc3-c3ccccc32)C1. The Hall–Kier alpha value is -3.35. The Morgan fingerprint density at radius 2 is 1.63 bits per heavy atom. The number of rotatable bonds is 8. The molecule has 2 aromatic rings. The molecule has 2 atom stereocenters. The van der Waals surface area contributed by atoms with Crippen LogP contribution in [-0.4, -0.2) is 41.8 Å². The van der Waals surface area contributed by atoms with Gasteiger partial charge in [0.15, 0.2) is 0 Å². The molecule has 186 valence electrons. The van der Waals surface area contributed by atoms with Gasteiger partial charge in [0.1, 0.15) is 6.61 Å².